The highest BCUT2D eigenvalue weighted by Crippen LogP contribution is 2.22. The smallest absolute Gasteiger partial charge is 0.270 e. The SMILES string of the molecule is Cc1cc(Nc2cc(C(=O)NCc3ccccc3)ncn2)ccc1Br. The third-order valence-corrected chi connectivity index (χ3v) is 4.52. The molecule has 1 heterocycles. The van der Waals surface area contributed by atoms with Crippen molar-refractivity contribution in [1.29, 1.82) is 0 Å². The van der Waals surface area contributed by atoms with Gasteiger partial charge in [-0.05, 0) is 36.2 Å². The van der Waals surface area contributed by atoms with Crippen LogP contribution in [0.4, 0.5) is 11.5 Å². The van der Waals surface area contributed by atoms with E-state index >= 15 is 0 Å². The zero-order valence-corrected chi connectivity index (χ0v) is 15.2. The van der Waals surface area contributed by atoms with Gasteiger partial charge in [-0.15, -0.1) is 0 Å². The molecule has 3 aromatic rings. The molecule has 126 valence electrons. The number of benzene rings is 2. The minimum atomic E-state index is -0.235. The van der Waals surface area contributed by atoms with Crippen LogP contribution in [0.1, 0.15) is 21.6 Å². The molecule has 0 atom stereocenters. The largest absolute Gasteiger partial charge is 0.347 e. The number of anilines is 2. The number of aromatic nitrogens is 2. The van der Waals surface area contributed by atoms with E-state index < -0.39 is 0 Å². The molecule has 0 aliphatic rings. The topological polar surface area (TPSA) is 66.9 Å². The summed E-state index contributed by atoms with van der Waals surface area (Å²) in [5, 5.41) is 6.05. The molecule has 1 amide bonds. The van der Waals surface area contributed by atoms with Gasteiger partial charge in [-0.3, -0.25) is 4.79 Å². The summed E-state index contributed by atoms with van der Waals surface area (Å²) >= 11 is 3.48. The average Bonchev–Trinajstić information content (AvgIpc) is 2.64. The zero-order valence-electron chi connectivity index (χ0n) is 13.7. The normalized spacial score (nSPS) is 10.3. The molecular formula is C19H17BrN4O. The molecule has 5 nitrogen and oxygen atoms in total. The molecule has 0 bridgehead atoms. The summed E-state index contributed by atoms with van der Waals surface area (Å²) in [4.78, 5) is 20.5. The Labute approximate surface area is 154 Å². The van der Waals surface area contributed by atoms with Gasteiger partial charge in [0, 0.05) is 22.8 Å². The number of carbonyl (C=O) groups excluding carboxylic acids is 1. The number of nitrogens with one attached hydrogen (secondary N) is 2. The van der Waals surface area contributed by atoms with Crippen LogP contribution in [0.3, 0.4) is 0 Å². The van der Waals surface area contributed by atoms with Crippen molar-refractivity contribution in [3.8, 4) is 0 Å². The molecule has 0 unspecified atom stereocenters. The van der Waals surface area contributed by atoms with Crippen LogP contribution in [-0.2, 0) is 6.54 Å². The van der Waals surface area contributed by atoms with Crippen LogP contribution in [0.15, 0.2) is 65.4 Å². The lowest BCUT2D eigenvalue weighted by Crippen LogP contribution is -2.24. The maximum absolute atomic E-state index is 12.3. The standard InChI is InChI=1S/C19H17BrN4O/c1-13-9-15(7-8-16(13)20)24-18-10-17(22-12-23-18)19(25)21-11-14-5-3-2-4-6-14/h2-10,12H,11H2,1H3,(H,21,25)(H,22,23,24). The number of carbonyl (C=O) groups is 1. The molecule has 0 spiro atoms. The second kappa shape index (κ2) is 7.90. The van der Waals surface area contributed by atoms with E-state index in [9.17, 15) is 4.79 Å². The van der Waals surface area contributed by atoms with Gasteiger partial charge in [0.25, 0.3) is 5.91 Å². The summed E-state index contributed by atoms with van der Waals surface area (Å²) in [5.41, 5.74) is 3.37. The first kappa shape index (κ1) is 17.1. The molecule has 2 aromatic carbocycles. The van der Waals surface area contributed by atoms with Gasteiger partial charge in [-0.2, -0.15) is 0 Å². The first-order chi connectivity index (χ1) is 12.1. The van der Waals surface area contributed by atoms with E-state index in [1.165, 1.54) is 6.33 Å². The number of rotatable bonds is 5. The Kier molecular flexibility index (Phi) is 5.40. The Bertz CT molecular complexity index is 884. The van der Waals surface area contributed by atoms with Crippen molar-refractivity contribution >= 4 is 33.3 Å². The Balaban J connectivity index is 1.68. The van der Waals surface area contributed by atoms with E-state index in [-0.39, 0.29) is 5.91 Å². The van der Waals surface area contributed by atoms with Crippen molar-refractivity contribution in [2.75, 3.05) is 5.32 Å². The van der Waals surface area contributed by atoms with Crippen molar-refractivity contribution in [3.63, 3.8) is 0 Å². The number of nitrogens with zero attached hydrogens (tertiary/aromatic N) is 2. The van der Waals surface area contributed by atoms with Crippen molar-refractivity contribution in [2.24, 2.45) is 0 Å². The number of aryl methyl sites for hydroxylation is 1. The van der Waals surface area contributed by atoms with Crippen LogP contribution in [0.25, 0.3) is 0 Å². The summed E-state index contributed by atoms with van der Waals surface area (Å²) in [5.74, 6) is 0.336. The second-order valence-corrected chi connectivity index (χ2v) is 6.40. The summed E-state index contributed by atoms with van der Waals surface area (Å²) in [7, 11) is 0. The molecule has 6 heteroatoms. The van der Waals surface area contributed by atoms with Gasteiger partial charge in [0.1, 0.15) is 17.8 Å². The molecule has 0 saturated carbocycles. The van der Waals surface area contributed by atoms with Gasteiger partial charge < -0.3 is 10.6 Å². The number of halogens is 1. The van der Waals surface area contributed by atoms with Crippen molar-refractivity contribution in [2.45, 2.75) is 13.5 Å². The molecule has 0 fully saturated rings. The van der Waals surface area contributed by atoms with Crippen molar-refractivity contribution in [3.05, 3.63) is 82.2 Å². The van der Waals surface area contributed by atoms with E-state index in [1.807, 2.05) is 55.5 Å². The van der Waals surface area contributed by atoms with Crippen LogP contribution in [-0.4, -0.2) is 15.9 Å². The minimum absolute atomic E-state index is 0.235. The van der Waals surface area contributed by atoms with Gasteiger partial charge in [-0.25, -0.2) is 9.97 Å². The summed E-state index contributed by atoms with van der Waals surface area (Å²) < 4.78 is 1.04. The Morgan fingerprint density at radius 3 is 2.64 bits per heavy atom. The third kappa shape index (κ3) is 4.64. The fourth-order valence-electron chi connectivity index (χ4n) is 2.29. The summed E-state index contributed by atoms with van der Waals surface area (Å²) in [6.07, 6.45) is 1.38. The molecule has 0 radical (unpaired) electrons. The van der Waals surface area contributed by atoms with E-state index in [1.54, 1.807) is 6.07 Å². The number of amides is 1. The predicted molar refractivity (Wildman–Crippen MR) is 102 cm³/mol. The maximum atomic E-state index is 12.3. The van der Waals surface area contributed by atoms with Crippen molar-refractivity contribution in [1.82, 2.24) is 15.3 Å². The highest BCUT2D eigenvalue weighted by molar-refractivity contribution is 9.10. The fourth-order valence-corrected chi connectivity index (χ4v) is 2.54. The highest BCUT2D eigenvalue weighted by Gasteiger charge is 2.09. The van der Waals surface area contributed by atoms with Crippen LogP contribution >= 0.6 is 15.9 Å². The van der Waals surface area contributed by atoms with E-state index in [2.05, 4.69) is 36.5 Å². The lowest BCUT2D eigenvalue weighted by Gasteiger charge is -2.09. The molecule has 0 aliphatic heterocycles. The lowest BCUT2D eigenvalue weighted by atomic mass is 10.2. The number of hydrogen-bond acceptors (Lipinski definition) is 4. The Morgan fingerprint density at radius 2 is 1.88 bits per heavy atom. The van der Waals surface area contributed by atoms with Gasteiger partial charge >= 0.3 is 0 Å². The van der Waals surface area contributed by atoms with Gasteiger partial charge in [-0.1, -0.05) is 46.3 Å². The maximum Gasteiger partial charge on any atom is 0.270 e. The van der Waals surface area contributed by atoms with Crippen LogP contribution in [0.2, 0.25) is 0 Å². The fraction of sp³-hybridized carbons (Fsp3) is 0.105. The van der Waals surface area contributed by atoms with E-state index in [0.717, 1.165) is 21.3 Å². The second-order valence-electron chi connectivity index (χ2n) is 5.55. The highest BCUT2D eigenvalue weighted by atomic mass is 79.9. The molecule has 1 aromatic heterocycles. The van der Waals surface area contributed by atoms with Gasteiger partial charge in [0.05, 0.1) is 0 Å². The number of hydrogen-bond donors (Lipinski definition) is 2. The monoisotopic (exact) mass is 396 g/mol. The minimum Gasteiger partial charge on any atom is -0.347 e. The molecule has 25 heavy (non-hydrogen) atoms. The quantitative estimate of drug-likeness (QED) is 0.677. The molecule has 3 rings (SSSR count). The Hall–Kier alpha value is -2.73. The Morgan fingerprint density at radius 1 is 1.08 bits per heavy atom. The lowest BCUT2D eigenvalue weighted by molar-refractivity contribution is 0.0946. The molecular weight excluding hydrogens is 380 g/mol. The summed E-state index contributed by atoms with van der Waals surface area (Å²) in [6, 6.07) is 17.3. The van der Waals surface area contributed by atoms with Crippen LogP contribution < -0.4 is 10.6 Å². The van der Waals surface area contributed by atoms with Crippen LogP contribution in [0.5, 0.6) is 0 Å². The molecule has 0 aliphatic carbocycles. The molecule has 0 saturated heterocycles. The predicted octanol–water partition coefficient (Wildman–Crippen LogP) is 4.22. The zero-order chi connectivity index (χ0) is 17.6. The van der Waals surface area contributed by atoms with E-state index in [0.29, 0.717) is 18.1 Å². The summed E-state index contributed by atoms with van der Waals surface area (Å²) in [6.45, 7) is 2.47. The van der Waals surface area contributed by atoms with Crippen molar-refractivity contribution < 1.29 is 4.79 Å². The van der Waals surface area contributed by atoms with E-state index in [4.69, 9.17) is 0 Å². The van der Waals surface area contributed by atoms with Crippen LogP contribution in [0, 0.1) is 6.92 Å². The van der Waals surface area contributed by atoms with Gasteiger partial charge in [0.15, 0.2) is 0 Å². The molecule has 2 N–H and O–H groups in total. The first-order valence-electron chi connectivity index (χ1n) is 7.79. The average molecular weight is 397 g/mol. The van der Waals surface area contributed by atoms with Gasteiger partial charge in [0.2, 0.25) is 0 Å². The third-order valence-electron chi connectivity index (χ3n) is 3.63. The first-order valence-corrected chi connectivity index (χ1v) is 8.58.